The fourth-order valence-corrected chi connectivity index (χ4v) is 2.60. The van der Waals surface area contributed by atoms with E-state index in [4.69, 9.17) is 4.74 Å². The maximum atomic E-state index is 11.7. The lowest BCUT2D eigenvalue weighted by Crippen LogP contribution is -2.49. The zero-order valence-corrected chi connectivity index (χ0v) is 11.6. The quantitative estimate of drug-likeness (QED) is 0.914. The first kappa shape index (κ1) is 12.8. The van der Waals surface area contributed by atoms with Gasteiger partial charge in [0.05, 0.1) is 6.61 Å². The summed E-state index contributed by atoms with van der Waals surface area (Å²) >= 11 is 0. The molecule has 1 amide bonds. The Morgan fingerprint density at radius 3 is 2.80 bits per heavy atom. The number of aromatic amines is 1. The van der Waals surface area contributed by atoms with Crippen molar-refractivity contribution >= 4 is 22.7 Å². The number of nitrogens with zero attached hydrogens (tertiary/aromatic N) is 2. The molecule has 0 spiro atoms. The second kappa shape index (κ2) is 5.45. The third-order valence-electron chi connectivity index (χ3n) is 3.71. The van der Waals surface area contributed by atoms with Crippen LogP contribution in [0.15, 0.2) is 30.5 Å². The van der Waals surface area contributed by atoms with Crippen LogP contribution in [0.1, 0.15) is 6.92 Å². The molecule has 1 aromatic carbocycles. The van der Waals surface area contributed by atoms with Gasteiger partial charge >= 0.3 is 6.09 Å². The van der Waals surface area contributed by atoms with Gasteiger partial charge in [-0.15, -0.1) is 0 Å². The lowest BCUT2D eigenvalue weighted by atomic mass is 10.2. The maximum Gasteiger partial charge on any atom is 0.409 e. The average Bonchev–Trinajstić information content (AvgIpc) is 2.95. The van der Waals surface area contributed by atoms with Crippen molar-refractivity contribution in [2.24, 2.45) is 0 Å². The lowest BCUT2D eigenvalue weighted by Gasteiger charge is -2.35. The third-order valence-corrected chi connectivity index (χ3v) is 3.71. The highest BCUT2D eigenvalue weighted by molar-refractivity contribution is 5.83. The van der Waals surface area contributed by atoms with Gasteiger partial charge in [-0.25, -0.2) is 4.79 Å². The Hall–Kier alpha value is -2.17. The Morgan fingerprint density at radius 1 is 1.25 bits per heavy atom. The number of benzene rings is 1. The number of hydrogen-bond acceptors (Lipinski definition) is 3. The zero-order valence-electron chi connectivity index (χ0n) is 11.6. The van der Waals surface area contributed by atoms with Crippen LogP contribution in [0, 0.1) is 0 Å². The van der Waals surface area contributed by atoms with Gasteiger partial charge < -0.3 is 19.5 Å². The number of ether oxygens (including phenoxy) is 1. The standard InChI is InChI=1S/C15H19N3O2/c1-2-20-15(19)18-9-7-17(8-10-18)13-3-4-14-12(11-13)5-6-16-14/h3-6,11,16H,2,7-10H2,1H3. The normalized spacial score (nSPS) is 15.7. The Bertz CT molecular complexity index is 600. The number of rotatable bonds is 2. The van der Waals surface area contributed by atoms with Crippen LogP contribution in [0.2, 0.25) is 0 Å². The predicted octanol–water partition coefficient (Wildman–Crippen LogP) is 2.45. The van der Waals surface area contributed by atoms with Crippen LogP contribution in [0.3, 0.4) is 0 Å². The van der Waals surface area contributed by atoms with Crippen molar-refractivity contribution in [3.8, 4) is 0 Å². The van der Waals surface area contributed by atoms with Crippen molar-refractivity contribution in [3.05, 3.63) is 30.5 Å². The zero-order chi connectivity index (χ0) is 13.9. The minimum Gasteiger partial charge on any atom is -0.450 e. The summed E-state index contributed by atoms with van der Waals surface area (Å²) in [5.74, 6) is 0. The molecule has 1 aliphatic heterocycles. The van der Waals surface area contributed by atoms with Crippen molar-refractivity contribution in [1.29, 1.82) is 0 Å². The molecule has 20 heavy (non-hydrogen) atoms. The number of hydrogen-bond donors (Lipinski definition) is 1. The van der Waals surface area contributed by atoms with E-state index in [-0.39, 0.29) is 6.09 Å². The monoisotopic (exact) mass is 273 g/mol. The van der Waals surface area contributed by atoms with Gasteiger partial charge in [-0.2, -0.15) is 0 Å². The smallest absolute Gasteiger partial charge is 0.409 e. The van der Waals surface area contributed by atoms with Gasteiger partial charge in [0, 0.05) is 49.0 Å². The number of anilines is 1. The molecule has 106 valence electrons. The number of H-pyrrole nitrogens is 1. The molecule has 1 aliphatic rings. The molecular formula is C15H19N3O2. The summed E-state index contributed by atoms with van der Waals surface area (Å²) in [6.07, 6.45) is 1.75. The van der Waals surface area contributed by atoms with Gasteiger partial charge in [0.2, 0.25) is 0 Å². The summed E-state index contributed by atoms with van der Waals surface area (Å²) in [6.45, 7) is 5.38. The Balaban J connectivity index is 1.66. The molecule has 5 heteroatoms. The van der Waals surface area contributed by atoms with E-state index in [0.717, 1.165) is 18.6 Å². The van der Waals surface area contributed by atoms with Crippen LogP contribution in [0.25, 0.3) is 10.9 Å². The van der Waals surface area contributed by atoms with Crippen LogP contribution >= 0.6 is 0 Å². The first-order valence-electron chi connectivity index (χ1n) is 7.01. The van der Waals surface area contributed by atoms with Gasteiger partial charge in [-0.1, -0.05) is 0 Å². The summed E-state index contributed by atoms with van der Waals surface area (Å²) in [4.78, 5) is 18.9. The first-order chi connectivity index (χ1) is 9.78. The van der Waals surface area contributed by atoms with E-state index in [1.807, 2.05) is 13.1 Å². The van der Waals surface area contributed by atoms with E-state index in [2.05, 4.69) is 34.1 Å². The summed E-state index contributed by atoms with van der Waals surface area (Å²) in [5.41, 5.74) is 2.36. The molecule has 0 aliphatic carbocycles. The fourth-order valence-electron chi connectivity index (χ4n) is 2.60. The topological polar surface area (TPSA) is 48.6 Å². The van der Waals surface area contributed by atoms with Crippen LogP contribution in [-0.4, -0.2) is 48.8 Å². The molecular weight excluding hydrogens is 254 g/mol. The number of carbonyl (C=O) groups is 1. The highest BCUT2D eigenvalue weighted by atomic mass is 16.6. The van der Waals surface area contributed by atoms with Gasteiger partial charge in [-0.05, 0) is 31.2 Å². The highest BCUT2D eigenvalue weighted by Gasteiger charge is 2.22. The van der Waals surface area contributed by atoms with E-state index in [1.165, 1.54) is 11.1 Å². The van der Waals surface area contributed by atoms with Crippen molar-refractivity contribution < 1.29 is 9.53 Å². The minimum absolute atomic E-state index is 0.201. The summed E-state index contributed by atoms with van der Waals surface area (Å²) in [5, 5.41) is 1.22. The number of fused-ring (bicyclic) bond motifs is 1. The molecule has 1 N–H and O–H groups in total. The van der Waals surface area contributed by atoms with E-state index in [9.17, 15) is 4.79 Å². The number of nitrogens with one attached hydrogen (secondary N) is 1. The van der Waals surface area contributed by atoms with Crippen molar-refractivity contribution in [2.75, 3.05) is 37.7 Å². The summed E-state index contributed by atoms with van der Waals surface area (Å²) < 4.78 is 5.03. The predicted molar refractivity (Wildman–Crippen MR) is 79.1 cm³/mol. The molecule has 0 radical (unpaired) electrons. The van der Waals surface area contributed by atoms with E-state index < -0.39 is 0 Å². The molecule has 1 saturated heterocycles. The minimum atomic E-state index is -0.201. The van der Waals surface area contributed by atoms with E-state index in [0.29, 0.717) is 19.7 Å². The number of aromatic nitrogens is 1. The van der Waals surface area contributed by atoms with Gasteiger partial charge in [0.15, 0.2) is 0 Å². The Labute approximate surface area is 118 Å². The second-order valence-corrected chi connectivity index (χ2v) is 4.92. The molecule has 0 bridgehead atoms. The molecule has 2 heterocycles. The molecule has 5 nitrogen and oxygen atoms in total. The first-order valence-corrected chi connectivity index (χ1v) is 7.01. The average molecular weight is 273 g/mol. The largest absolute Gasteiger partial charge is 0.450 e. The van der Waals surface area contributed by atoms with Crippen molar-refractivity contribution in [3.63, 3.8) is 0 Å². The second-order valence-electron chi connectivity index (χ2n) is 4.92. The fraction of sp³-hybridized carbons (Fsp3) is 0.400. The molecule has 2 aromatic rings. The van der Waals surface area contributed by atoms with E-state index >= 15 is 0 Å². The van der Waals surface area contributed by atoms with Crippen LogP contribution in [0.4, 0.5) is 10.5 Å². The van der Waals surface area contributed by atoms with Gasteiger partial charge in [0.25, 0.3) is 0 Å². The molecule has 0 saturated carbocycles. The Morgan fingerprint density at radius 2 is 2.05 bits per heavy atom. The van der Waals surface area contributed by atoms with Crippen molar-refractivity contribution in [2.45, 2.75) is 6.92 Å². The molecule has 1 fully saturated rings. The van der Waals surface area contributed by atoms with Crippen LogP contribution in [0.5, 0.6) is 0 Å². The summed E-state index contributed by atoms with van der Waals surface area (Å²) in [6, 6.07) is 8.49. The van der Waals surface area contributed by atoms with Crippen LogP contribution < -0.4 is 4.90 Å². The lowest BCUT2D eigenvalue weighted by molar-refractivity contribution is 0.105. The maximum absolute atomic E-state index is 11.7. The molecule has 0 atom stereocenters. The molecule has 1 aromatic heterocycles. The third kappa shape index (κ3) is 2.43. The highest BCUT2D eigenvalue weighted by Crippen LogP contribution is 2.22. The summed E-state index contributed by atoms with van der Waals surface area (Å²) in [7, 11) is 0. The number of carbonyl (C=O) groups excluding carboxylic acids is 1. The van der Waals surface area contributed by atoms with Crippen LogP contribution in [-0.2, 0) is 4.74 Å². The van der Waals surface area contributed by atoms with Crippen molar-refractivity contribution in [1.82, 2.24) is 9.88 Å². The molecule has 0 unspecified atom stereocenters. The van der Waals surface area contributed by atoms with E-state index in [1.54, 1.807) is 4.90 Å². The van der Waals surface area contributed by atoms with Gasteiger partial charge in [-0.3, -0.25) is 0 Å². The Kier molecular flexibility index (Phi) is 3.50. The number of piperazine rings is 1. The van der Waals surface area contributed by atoms with Gasteiger partial charge in [0.1, 0.15) is 0 Å². The SMILES string of the molecule is CCOC(=O)N1CCN(c2ccc3[nH]ccc3c2)CC1. The molecule has 3 rings (SSSR count). The number of amides is 1.